The van der Waals surface area contributed by atoms with Crippen molar-refractivity contribution in [1.82, 2.24) is 5.32 Å². The lowest BCUT2D eigenvalue weighted by molar-refractivity contribution is -0.359. The summed E-state index contributed by atoms with van der Waals surface area (Å²) in [5.41, 5.74) is 0. The fourth-order valence-corrected chi connectivity index (χ4v) is 8.68. The summed E-state index contributed by atoms with van der Waals surface area (Å²) in [4.78, 5) is 13.2. The van der Waals surface area contributed by atoms with Crippen LogP contribution in [0.4, 0.5) is 0 Å². The molecule has 0 aromatic rings. The van der Waals surface area contributed by atoms with Crippen LogP contribution in [-0.2, 0) is 23.7 Å². The van der Waals surface area contributed by atoms with E-state index in [0.29, 0.717) is 12.8 Å². The smallest absolute Gasteiger partial charge is 0.220 e. The largest absolute Gasteiger partial charge is 0.394 e. The van der Waals surface area contributed by atoms with Gasteiger partial charge in [-0.2, -0.15) is 0 Å². The molecule has 2 aliphatic rings. The van der Waals surface area contributed by atoms with Gasteiger partial charge in [-0.25, -0.2) is 0 Å². The molecule has 2 aliphatic heterocycles. The van der Waals surface area contributed by atoms with Crippen molar-refractivity contribution in [2.45, 2.75) is 274 Å². The predicted octanol–water partition coefficient (Wildman–Crippen LogP) is 7.49. The molecule has 14 nitrogen and oxygen atoms in total. The maximum absolute atomic E-state index is 13.2. The van der Waals surface area contributed by atoms with Gasteiger partial charge in [0.15, 0.2) is 12.6 Å². The Balaban J connectivity index is 1.85. The molecule has 12 atom stereocenters. The number of ether oxygens (including phenoxy) is 4. The summed E-state index contributed by atoms with van der Waals surface area (Å²) in [5, 5.41) is 86.8. The van der Waals surface area contributed by atoms with E-state index in [4.69, 9.17) is 18.9 Å². The molecule has 14 heteroatoms. The average molecular weight is 956 g/mol. The lowest BCUT2D eigenvalue weighted by Gasteiger charge is -2.46. The van der Waals surface area contributed by atoms with E-state index in [1.807, 2.05) is 6.08 Å². The molecule has 1 amide bonds. The highest BCUT2D eigenvalue weighted by molar-refractivity contribution is 5.76. The van der Waals surface area contributed by atoms with Crippen LogP contribution in [0.1, 0.15) is 200 Å². The first-order valence-electron chi connectivity index (χ1n) is 26.7. The second-order valence-electron chi connectivity index (χ2n) is 19.0. The molecule has 392 valence electrons. The van der Waals surface area contributed by atoms with Crippen molar-refractivity contribution in [3.63, 3.8) is 0 Å². The van der Waals surface area contributed by atoms with Crippen molar-refractivity contribution in [3.8, 4) is 0 Å². The van der Waals surface area contributed by atoms with Gasteiger partial charge in [0, 0.05) is 6.42 Å². The highest BCUT2D eigenvalue weighted by atomic mass is 16.7. The third kappa shape index (κ3) is 26.8. The van der Waals surface area contributed by atoms with Crippen LogP contribution in [0.25, 0.3) is 0 Å². The van der Waals surface area contributed by atoms with E-state index in [0.717, 1.165) is 44.9 Å². The third-order valence-electron chi connectivity index (χ3n) is 13.1. The van der Waals surface area contributed by atoms with Crippen LogP contribution in [0.2, 0.25) is 0 Å². The van der Waals surface area contributed by atoms with E-state index in [1.165, 1.54) is 122 Å². The van der Waals surface area contributed by atoms with Crippen molar-refractivity contribution < 1.29 is 64.6 Å². The number of allylic oxidation sites excluding steroid dienone is 5. The molecule has 2 saturated heterocycles. The average Bonchev–Trinajstić information content (AvgIpc) is 3.32. The third-order valence-corrected chi connectivity index (χ3v) is 13.1. The molecule has 0 aromatic heterocycles. The number of carbonyl (C=O) groups is 1. The van der Waals surface area contributed by atoms with E-state index in [9.17, 15) is 45.6 Å². The molecular formula is C53H97NO13. The van der Waals surface area contributed by atoms with Gasteiger partial charge in [-0.15, -0.1) is 0 Å². The van der Waals surface area contributed by atoms with Gasteiger partial charge in [-0.05, 0) is 44.9 Å². The number of hydrogen-bond acceptors (Lipinski definition) is 13. The minimum absolute atomic E-state index is 0.254. The van der Waals surface area contributed by atoms with Crippen LogP contribution in [0.5, 0.6) is 0 Å². The summed E-state index contributed by atoms with van der Waals surface area (Å²) in [5.74, 6) is -0.254. The van der Waals surface area contributed by atoms with Gasteiger partial charge in [-0.3, -0.25) is 4.79 Å². The van der Waals surface area contributed by atoms with Gasteiger partial charge in [0.05, 0.1) is 32.0 Å². The highest BCUT2D eigenvalue weighted by Gasteiger charge is 2.51. The van der Waals surface area contributed by atoms with E-state index < -0.39 is 86.8 Å². The minimum Gasteiger partial charge on any atom is -0.394 e. The molecular weight excluding hydrogens is 859 g/mol. The fourth-order valence-electron chi connectivity index (χ4n) is 8.68. The highest BCUT2D eigenvalue weighted by Crippen LogP contribution is 2.30. The van der Waals surface area contributed by atoms with Crippen LogP contribution in [-0.4, -0.2) is 140 Å². The Morgan fingerprint density at radius 1 is 0.522 bits per heavy atom. The predicted molar refractivity (Wildman–Crippen MR) is 263 cm³/mol. The van der Waals surface area contributed by atoms with Crippen LogP contribution >= 0.6 is 0 Å². The van der Waals surface area contributed by atoms with Gasteiger partial charge >= 0.3 is 0 Å². The number of aliphatic hydroxyl groups excluding tert-OH is 8. The maximum Gasteiger partial charge on any atom is 0.220 e. The van der Waals surface area contributed by atoms with Gasteiger partial charge in [-0.1, -0.05) is 185 Å². The number of unbranched alkanes of at least 4 members (excludes halogenated alkanes) is 24. The van der Waals surface area contributed by atoms with E-state index >= 15 is 0 Å². The monoisotopic (exact) mass is 956 g/mol. The first kappa shape index (κ1) is 61.3. The molecule has 0 spiro atoms. The van der Waals surface area contributed by atoms with Crippen LogP contribution < -0.4 is 5.32 Å². The second-order valence-corrected chi connectivity index (χ2v) is 19.0. The van der Waals surface area contributed by atoms with Crippen LogP contribution in [0.15, 0.2) is 36.5 Å². The Morgan fingerprint density at radius 3 is 1.46 bits per heavy atom. The molecule has 12 unspecified atom stereocenters. The van der Waals surface area contributed by atoms with Crippen molar-refractivity contribution in [2.24, 2.45) is 0 Å². The summed E-state index contributed by atoms with van der Waals surface area (Å²) >= 11 is 0. The molecule has 0 aromatic carbocycles. The lowest BCUT2D eigenvalue weighted by atomic mass is 9.97. The molecule has 0 aliphatic carbocycles. The number of nitrogens with one attached hydrogen (secondary N) is 1. The SMILES string of the molecule is CCCCCCCCCCCC/C=C/CC/C=C/CC/C=C/C(O)C(COC1OC(CO)C(OC2OC(CO)C(O)C(O)C2O)C(O)C1O)NC(=O)CCCCCCCCCCCCCCC. The molecule has 0 radical (unpaired) electrons. The van der Waals surface area contributed by atoms with Crippen molar-refractivity contribution in [3.05, 3.63) is 36.5 Å². The Kier molecular flexibility index (Phi) is 36.5. The number of rotatable bonds is 41. The van der Waals surface area contributed by atoms with Gasteiger partial charge in [0.25, 0.3) is 0 Å². The molecule has 0 saturated carbocycles. The molecule has 67 heavy (non-hydrogen) atoms. The zero-order valence-corrected chi connectivity index (χ0v) is 41.6. The molecule has 9 N–H and O–H groups in total. The van der Waals surface area contributed by atoms with E-state index in [2.05, 4.69) is 43.5 Å². The lowest BCUT2D eigenvalue weighted by Crippen LogP contribution is -2.65. The second kappa shape index (κ2) is 39.9. The summed E-state index contributed by atoms with van der Waals surface area (Å²) in [6.07, 6.45) is 29.0. The summed E-state index contributed by atoms with van der Waals surface area (Å²) in [7, 11) is 0. The standard InChI is InChI=1S/C53H97NO13/c1-3-5-7-9-11-13-15-17-18-19-20-21-22-23-25-26-28-30-32-34-36-42(57)41(54-45(58)37-35-33-31-29-27-24-16-14-12-10-8-6-4-2)40-64-52-50(63)48(61)51(44(39-56)66-52)67-53-49(62)47(60)46(59)43(38-55)65-53/h21-22,26,28,34,36,41-44,46-53,55-57,59-63H,3-20,23-25,27,29-33,35,37-40H2,1-2H3,(H,54,58)/b22-21+,28-26+,36-34+. The Bertz CT molecular complexity index is 1270. The summed E-state index contributed by atoms with van der Waals surface area (Å²) in [6, 6.07) is -0.933. The quantitative estimate of drug-likeness (QED) is 0.0214. The topological polar surface area (TPSA) is 228 Å². The Morgan fingerprint density at radius 2 is 0.955 bits per heavy atom. The molecule has 2 rings (SSSR count). The number of amides is 1. The van der Waals surface area contributed by atoms with Gasteiger partial charge in [0.1, 0.15) is 48.8 Å². The number of aliphatic hydroxyl groups is 8. The van der Waals surface area contributed by atoms with Gasteiger partial charge < -0.3 is 65.1 Å². The van der Waals surface area contributed by atoms with Crippen LogP contribution in [0, 0.1) is 0 Å². The zero-order chi connectivity index (χ0) is 48.9. The van der Waals surface area contributed by atoms with Crippen LogP contribution in [0.3, 0.4) is 0 Å². The molecule has 2 fully saturated rings. The summed E-state index contributed by atoms with van der Waals surface area (Å²) in [6.45, 7) is 2.76. The Hall–Kier alpha value is -1.79. The fraction of sp³-hybridized carbons (Fsp3) is 0.868. The summed E-state index contributed by atoms with van der Waals surface area (Å²) < 4.78 is 22.7. The van der Waals surface area contributed by atoms with E-state index in [-0.39, 0.29) is 18.9 Å². The maximum atomic E-state index is 13.2. The minimum atomic E-state index is -1.79. The van der Waals surface area contributed by atoms with E-state index in [1.54, 1.807) is 6.08 Å². The first-order chi connectivity index (χ1) is 32.6. The van der Waals surface area contributed by atoms with Crippen molar-refractivity contribution in [2.75, 3.05) is 19.8 Å². The zero-order valence-electron chi connectivity index (χ0n) is 41.6. The van der Waals surface area contributed by atoms with Gasteiger partial charge in [0.2, 0.25) is 5.91 Å². The molecule has 2 heterocycles. The Labute approximate surface area is 404 Å². The van der Waals surface area contributed by atoms with Crippen molar-refractivity contribution >= 4 is 5.91 Å². The normalized spacial score (nSPS) is 26.8. The first-order valence-corrected chi connectivity index (χ1v) is 26.7. The number of carbonyl (C=O) groups excluding carboxylic acids is 1. The molecule has 0 bridgehead atoms. The number of hydrogen-bond donors (Lipinski definition) is 9. The van der Waals surface area contributed by atoms with Crippen molar-refractivity contribution in [1.29, 1.82) is 0 Å².